The highest BCUT2D eigenvalue weighted by atomic mass is 79.9. The van der Waals surface area contributed by atoms with Crippen molar-refractivity contribution >= 4 is 21.8 Å². The van der Waals surface area contributed by atoms with E-state index in [-0.39, 0.29) is 5.91 Å². The molecule has 0 unspecified atom stereocenters. The summed E-state index contributed by atoms with van der Waals surface area (Å²) in [5.41, 5.74) is 6.02. The second kappa shape index (κ2) is 5.80. The van der Waals surface area contributed by atoms with Crippen LogP contribution in [0.4, 0.5) is 4.39 Å². The number of likely N-dealkylation sites (tertiary alicyclic amines) is 1. The first-order valence-electron chi connectivity index (χ1n) is 6.06. The molecule has 0 atom stereocenters. The number of nitrogens with zero attached hydrogens (tertiary/aromatic N) is 1. The Hall–Kier alpha value is -0.940. The minimum atomic E-state index is -0.405. The highest BCUT2D eigenvalue weighted by Gasteiger charge is 2.23. The smallest absolute Gasteiger partial charge is 0.253 e. The van der Waals surface area contributed by atoms with Crippen molar-refractivity contribution in [2.75, 3.05) is 19.6 Å². The Balaban J connectivity index is 2.05. The monoisotopic (exact) mass is 314 g/mol. The number of benzene rings is 1. The van der Waals surface area contributed by atoms with Gasteiger partial charge in [0.2, 0.25) is 0 Å². The van der Waals surface area contributed by atoms with Gasteiger partial charge in [-0.05, 0) is 59.4 Å². The van der Waals surface area contributed by atoms with Gasteiger partial charge in [0.25, 0.3) is 5.91 Å². The fraction of sp³-hybridized carbons (Fsp3) is 0.462. The van der Waals surface area contributed by atoms with E-state index in [0.717, 1.165) is 12.8 Å². The summed E-state index contributed by atoms with van der Waals surface area (Å²) < 4.78 is 13.8. The third kappa shape index (κ3) is 2.90. The molecule has 2 rings (SSSR count). The van der Waals surface area contributed by atoms with Gasteiger partial charge in [0.15, 0.2) is 0 Å². The Morgan fingerprint density at radius 3 is 2.67 bits per heavy atom. The van der Waals surface area contributed by atoms with Gasteiger partial charge in [0.1, 0.15) is 5.82 Å². The zero-order valence-electron chi connectivity index (χ0n) is 10.0. The summed E-state index contributed by atoms with van der Waals surface area (Å²) in [6.45, 7) is 2.09. The molecule has 0 aliphatic carbocycles. The summed E-state index contributed by atoms with van der Waals surface area (Å²) in [6.07, 6.45) is 1.86. The maximum absolute atomic E-state index is 13.4. The minimum absolute atomic E-state index is 0.100. The Morgan fingerprint density at radius 1 is 1.44 bits per heavy atom. The standard InChI is InChI=1S/C13H16BrFN2O/c14-11-2-1-10(7-12(11)15)13(18)17-5-3-9(8-16)4-6-17/h1-2,7,9H,3-6,8,16H2. The van der Waals surface area contributed by atoms with Crippen molar-refractivity contribution in [2.45, 2.75) is 12.8 Å². The van der Waals surface area contributed by atoms with Crippen LogP contribution < -0.4 is 5.73 Å². The first-order valence-corrected chi connectivity index (χ1v) is 6.85. The quantitative estimate of drug-likeness (QED) is 0.911. The van der Waals surface area contributed by atoms with E-state index in [1.165, 1.54) is 6.07 Å². The molecule has 0 aromatic heterocycles. The lowest BCUT2D eigenvalue weighted by Crippen LogP contribution is -2.40. The van der Waals surface area contributed by atoms with Crippen LogP contribution in [0, 0.1) is 11.7 Å². The summed E-state index contributed by atoms with van der Waals surface area (Å²) in [4.78, 5) is 13.9. The second-order valence-corrected chi connectivity index (χ2v) is 5.45. The van der Waals surface area contributed by atoms with Gasteiger partial charge in [-0.15, -0.1) is 0 Å². The molecule has 0 radical (unpaired) electrons. The molecular formula is C13H16BrFN2O. The molecule has 1 saturated heterocycles. The fourth-order valence-corrected chi connectivity index (χ4v) is 2.43. The van der Waals surface area contributed by atoms with E-state index in [0.29, 0.717) is 35.6 Å². The van der Waals surface area contributed by atoms with Gasteiger partial charge >= 0.3 is 0 Å². The topological polar surface area (TPSA) is 46.3 Å². The van der Waals surface area contributed by atoms with Gasteiger partial charge < -0.3 is 10.6 Å². The van der Waals surface area contributed by atoms with Crippen molar-refractivity contribution in [2.24, 2.45) is 11.7 Å². The Kier molecular flexibility index (Phi) is 4.35. The highest BCUT2D eigenvalue weighted by Crippen LogP contribution is 2.20. The number of carbonyl (C=O) groups excluding carboxylic acids is 1. The molecule has 2 N–H and O–H groups in total. The first kappa shape index (κ1) is 13.5. The van der Waals surface area contributed by atoms with Crippen molar-refractivity contribution in [1.82, 2.24) is 4.90 Å². The maximum atomic E-state index is 13.4. The number of amides is 1. The molecule has 1 heterocycles. The van der Waals surface area contributed by atoms with Crippen LogP contribution in [-0.2, 0) is 0 Å². The van der Waals surface area contributed by atoms with Crippen LogP contribution in [0.3, 0.4) is 0 Å². The van der Waals surface area contributed by atoms with Crippen LogP contribution in [0.1, 0.15) is 23.2 Å². The van der Waals surface area contributed by atoms with E-state index in [2.05, 4.69) is 15.9 Å². The molecule has 1 amide bonds. The largest absolute Gasteiger partial charge is 0.339 e. The first-order chi connectivity index (χ1) is 8.61. The number of hydrogen-bond acceptors (Lipinski definition) is 2. The van der Waals surface area contributed by atoms with Gasteiger partial charge in [0, 0.05) is 18.7 Å². The summed E-state index contributed by atoms with van der Waals surface area (Å²) in [7, 11) is 0. The highest BCUT2D eigenvalue weighted by molar-refractivity contribution is 9.10. The molecular weight excluding hydrogens is 299 g/mol. The van der Waals surface area contributed by atoms with Crippen LogP contribution in [0.15, 0.2) is 22.7 Å². The van der Waals surface area contributed by atoms with Crippen LogP contribution in [0.5, 0.6) is 0 Å². The van der Waals surface area contributed by atoms with Crippen molar-refractivity contribution in [1.29, 1.82) is 0 Å². The molecule has 3 nitrogen and oxygen atoms in total. The summed E-state index contributed by atoms with van der Waals surface area (Å²) in [5.74, 6) is 0.00488. The molecule has 1 aliphatic rings. The van der Waals surface area contributed by atoms with Crippen molar-refractivity contribution < 1.29 is 9.18 Å². The maximum Gasteiger partial charge on any atom is 0.253 e. The molecule has 0 spiro atoms. The third-order valence-electron chi connectivity index (χ3n) is 3.40. The molecule has 1 fully saturated rings. The number of rotatable bonds is 2. The van der Waals surface area contributed by atoms with Gasteiger partial charge in [-0.1, -0.05) is 0 Å². The number of piperidine rings is 1. The Morgan fingerprint density at radius 2 is 2.11 bits per heavy atom. The third-order valence-corrected chi connectivity index (χ3v) is 4.04. The predicted octanol–water partition coefficient (Wildman–Crippen LogP) is 2.40. The lowest BCUT2D eigenvalue weighted by Gasteiger charge is -2.31. The molecule has 1 aromatic rings. The fourth-order valence-electron chi connectivity index (χ4n) is 2.18. The zero-order valence-corrected chi connectivity index (χ0v) is 11.6. The molecule has 0 saturated carbocycles. The van der Waals surface area contributed by atoms with Crippen LogP contribution in [0.2, 0.25) is 0 Å². The van der Waals surface area contributed by atoms with E-state index in [1.54, 1.807) is 17.0 Å². The Bertz CT molecular complexity index is 445. The second-order valence-electron chi connectivity index (χ2n) is 4.60. The minimum Gasteiger partial charge on any atom is -0.339 e. The summed E-state index contributed by atoms with van der Waals surface area (Å²) in [6, 6.07) is 4.49. The lowest BCUT2D eigenvalue weighted by atomic mass is 9.96. The average Bonchev–Trinajstić information content (AvgIpc) is 2.41. The van der Waals surface area contributed by atoms with E-state index >= 15 is 0 Å². The van der Waals surface area contributed by atoms with Gasteiger partial charge in [-0.3, -0.25) is 4.79 Å². The average molecular weight is 315 g/mol. The summed E-state index contributed by atoms with van der Waals surface area (Å²) in [5, 5.41) is 0. The van der Waals surface area contributed by atoms with Gasteiger partial charge in [-0.2, -0.15) is 0 Å². The molecule has 0 bridgehead atoms. The predicted molar refractivity (Wildman–Crippen MR) is 71.8 cm³/mol. The molecule has 18 heavy (non-hydrogen) atoms. The van der Waals surface area contributed by atoms with E-state index in [1.807, 2.05) is 0 Å². The van der Waals surface area contributed by atoms with Crippen LogP contribution in [0.25, 0.3) is 0 Å². The molecule has 1 aromatic carbocycles. The number of carbonyl (C=O) groups is 1. The van der Waals surface area contributed by atoms with Crippen molar-refractivity contribution in [3.8, 4) is 0 Å². The van der Waals surface area contributed by atoms with Crippen molar-refractivity contribution in [3.05, 3.63) is 34.1 Å². The number of nitrogens with two attached hydrogens (primary N) is 1. The summed E-state index contributed by atoms with van der Waals surface area (Å²) >= 11 is 3.08. The van der Waals surface area contributed by atoms with Crippen LogP contribution in [-0.4, -0.2) is 30.4 Å². The van der Waals surface area contributed by atoms with E-state index in [9.17, 15) is 9.18 Å². The van der Waals surface area contributed by atoms with E-state index < -0.39 is 5.82 Å². The van der Waals surface area contributed by atoms with Crippen LogP contribution >= 0.6 is 15.9 Å². The van der Waals surface area contributed by atoms with Gasteiger partial charge in [-0.25, -0.2) is 4.39 Å². The van der Waals surface area contributed by atoms with Gasteiger partial charge in [0.05, 0.1) is 4.47 Å². The molecule has 5 heteroatoms. The number of halogens is 2. The normalized spacial score (nSPS) is 16.9. The molecule has 98 valence electrons. The van der Waals surface area contributed by atoms with E-state index in [4.69, 9.17) is 5.73 Å². The zero-order chi connectivity index (χ0) is 13.1. The molecule has 1 aliphatic heterocycles. The SMILES string of the molecule is NCC1CCN(C(=O)c2ccc(Br)c(F)c2)CC1. The Labute approximate surface area is 114 Å². The van der Waals surface area contributed by atoms with Crippen molar-refractivity contribution in [3.63, 3.8) is 0 Å². The number of hydrogen-bond donors (Lipinski definition) is 1. The lowest BCUT2D eigenvalue weighted by molar-refractivity contribution is 0.0693.